The molecule has 0 fully saturated rings. The van der Waals surface area contributed by atoms with Crippen molar-refractivity contribution in [1.82, 2.24) is 0 Å². The van der Waals surface area contributed by atoms with E-state index in [1.165, 1.54) is 24.3 Å². The van der Waals surface area contributed by atoms with Crippen LogP contribution in [-0.4, -0.2) is 11.6 Å². The van der Waals surface area contributed by atoms with E-state index in [2.05, 4.69) is 0 Å². The molecule has 0 atom stereocenters. The van der Waals surface area contributed by atoms with E-state index in [0.717, 1.165) is 0 Å². The van der Waals surface area contributed by atoms with Crippen molar-refractivity contribution in [2.75, 3.05) is 0 Å². The van der Waals surface area contributed by atoms with Crippen LogP contribution in [0.1, 0.15) is 26.3 Å². The van der Waals surface area contributed by atoms with E-state index in [4.69, 9.17) is 4.74 Å². The SMILES string of the molecule is CC(C)(C)OC(=O)/C=C/c1cccc(F)c1. The highest BCUT2D eigenvalue weighted by molar-refractivity contribution is 5.87. The van der Waals surface area contributed by atoms with Gasteiger partial charge in [-0.3, -0.25) is 0 Å². The minimum atomic E-state index is -0.511. The molecule has 0 N–H and O–H groups in total. The van der Waals surface area contributed by atoms with Crippen LogP contribution in [0.2, 0.25) is 0 Å². The maximum absolute atomic E-state index is 12.8. The van der Waals surface area contributed by atoms with Crippen LogP contribution in [0.25, 0.3) is 6.08 Å². The number of hydrogen-bond donors (Lipinski definition) is 0. The van der Waals surface area contributed by atoms with Crippen LogP contribution < -0.4 is 0 Å². The lowest BCUT2D eigenvalue weighted by Crippen LogP contribution is -2.22. The standard InChI is InChI=1S/C13H15FO2/c1-13(2,3)16-12(15)8-7-10-5-4-6-11(14)9-10/h4-9H,1-3H3/b8-7+. The Morgan fingerprint density at radius 2 is 2.06 bits per heavy atom. The first kappa shape index (κ1) is 12.4. The Balaban J connectivity index is 2.64. The summed E-state index contributed by atoms with van der Waals surface area (Å²) >= 11 is 0. The summed E-state index contributed by atoms with van der Waals surface area (Å²) in [5.41, 5.74) is 0.120. The van der Waals surface area contributed by atoms with Gasteiger partial charge in [-0.15, -0.1) is 0 Å². The second-order valence-corrected chi connectivity index (χ2v) is 4.42. The topological polar surface area (TPSA) is 26.3 Å². The van der Waals surface area contributed by atoms with Crippen LogP contribution in [0.4, 0.5) is 4.39 Å². The maximum atomic E-state index is 12.8. The summed E-state index contributed by atoms with van der Waals surface area (Å²) in [5, 5.41) is 0. The third-order valence-corrected chi connectivity index (χ3v) is 1.67. The Hall–Kier alpha value is -1.64. The van der Waals surface area contributed by atoms with Crippen molar-refractivity contribution in [1.29, 1.82) is 0 Å². The van der Waals surface area contributed by atoms with Crippen LogP contribution in [0.5, 0.6) is 0 Å². The summed E-state index contributed by atoms with van der Waals surface area (Å²) in [6, 6.07) is 6.00. The molecular weight excluding hydrogens is 207 g/mol. The van der Waals surface area contributed by atoms with Gasteiger partial charge in [-0.05, 0) is 44.5 Å². The summed E-state index contributed by atoms with van der Waals surface area (Å²) < 4.78 is 17.9. The minimum absolute atomic E-state index is 0.327. The predicted octanol–water partition coefficient (Wildman–Crippen LogP) is 3.18. The van der Waals surface area contributed by atoms with Crippen molar-refractivity contribution >= 4 is 12.0 Å². The van der Waals surface area contributed by atoms with Gasteiger partial charge in [0.25, 0.3) is 0 Å². The second-order valence-electron chi connectivity index (χ2n) is 4.42. The molecule has 0 heterocycles. The van der Waals surface area contributed by atoms with Gasteiger partial charge in [0.05, 0.1) is 0 Å². The lowest BCUT2D eigenvalue weighted by Gasteiger charge is -2.17. The Morgan fingerprint density at radius 3 is 2.62 bits per heavy atom. The zero-order valence-electron chi connectivity index (χ0n) is 9.66. The molecule has 0 spiro atoms. The van der Waals surface area contributed by atoms with Gasteiger partial charge in [-0.1, -0.05) is 12.1 Å². The molecule has 1 rings (SSSR count). The van der Waals surface area contributed by atoms with Gasteiger partial charge in [0.2, 0.25) is 0 Å². The molecular formula is C13H15FO2. The molecule has 0 bridgehead atoms. The Bertz CT molecular complexity index is 403. The number of ether oxygens (including phenoxy) is 1. The zero-order chi connectivity index (χ0) is 12.2. The summed E-state index contributed by atoms with van der Waals surface area (Å²) in [5.74, 6) is -0.761. The van der Waals surface area contributed by atoms with E-state index >= 15 is 0 Å². The van der Waals surface area contributed by atoms with E-state index in [1.54, 1.807) is 32.9 Å². The molecule has 0 saturated carbocycles. The van der Waals surface area contributed by atoms with Crippen molar-refractivity contribution < 1.29 is 13.9 Å². The van der Waals surface area contributed by atoms with E-state index in [1.807, 2.05) is 0 Å². The highest BCUT2D eigenvalue weighted by Gasteiger charge is 2.13. The fourth-order valence-corrected chi connectivity index (χ4v) is 1.11. The van der Waals surface area contributed by atoms with E-state index in [-0.39, 0.29) is 5.82 Å². The molecule has 0 amide bonds. The number of rotatable bonds is 2. The van der Waals surface area contributed by atoms with Gasteiger partial charge in [-0.25, -0.2) is 9.18 Å². The highest BCUT2D eigenvalue weighted by Crippen LogP contribution is 2.09. The summed E-state index contributed by atoms with van der Waals surface area (Å²) in [6.07, 6.45) is 2.82. The van der Waals surface area contributed by atoms with Crippen LogP contribution in [0.3, 0.4) is 0 Å². The van der Waals surface area contributed by atoms with Crippen molar-refractivity contribution in [3.8, 4) is 0 Å². The number of benzene rings is 1. The second kappa shape index (κ2) is 4.92. The van der Waals surface area contributed by atoms with Crippen LogP contribution in [-0.2, 0) is 9.53 Å². The van der Waals surface area contributed by atoms with Crippen LogP contribution in [0, 0.1) is 5.82 Å². The minimum Gasteiger partial charge on any atom is -0.457 e. The molecule has 0 aromatic heterocycles. The van der Waals surface area contributed by atoms with Gasteiger partial charge in [0.1, 0.15) is 11.4 Å². The summed E-state index contributed by atoms with van der Waals surface area (Å²) in [7, 11) is 0. The molecule has 86 valence electrons. The molecule has 0 radical (unpaired) electrons. The van der Waals surface area contributed by atoms with Gasteiger partial charge >= 0.3 is 5.97 Å². The van der Waals surface area contributed by atoms with Crippen molar-refractivity contribution in [2.24, 2.45) is 0 Å². The van der Waals surface area contributed by atoms with Gasteiger partial charge in [0, 0.05) is 6.08 Å². The smallest absolute Gasteiger partial charge is 0.331 e. The molecule has 2 nitrogen and oxygen atoms in total. The third-order valence-electron chi connectivity index (χ3n) is 1.67. The van der Waals surface area contributed by atoms with E-state index in [0.29, 0.717) is 5.56 Å². The fraction of sp³-hybridized carbons (Fsp3) is 0.308. The highest BCUT2D eigenvalue weighted by atomic mass is 19.1. The number of halogens is 1. The third kappa shape index (κ3) is 4.73. The first-order valence-electron chi connectivity index (χ1n) is 5.03. The number of carbonyl (C=O) groups is 1. The van der Waals surface area contributed by atoms with E-state index < -0.39 is 11.6 Å². The molecule has 3 heteroatoms. The van der Waals surface area contributed by atoms with Crippen molar-refractivity contribution in [3.05, 3.63) is 41.7 Å². The van der Waals surface area contributed by atoms with Crippen molar-refractivity contribution in [3.63, 3.8) is 0 Å². The summed E-state index contributed by atoms with van der Waals surface area (Å²) in [4.78, 5) is 11.3. The number of esters is 1. The molecule has 1 aromatic carbocycles. The quantitative estimate of drug-likeness (QED) is 0.567. The molecule has 1 aromatic rings. The lowest BCUT2D eigenvalue weighted by atomic mass is 10.2. The van der Waals surface area contributed by atoms with Crippen molar-refractivity contribution in [2.45, 2.75) is 26.4 Å². The Morgan fingerprint density at radius 1 is 1.38 bits per heavy atom. The van der Waals surface area contributed by atoms with Crippen LogP contribution >= 0.6 is 0 Å². The normalized spacial score (nSPS) is 11.8. The van der Waals surface area contributed by atoms with E-state index in [9.17, 15) is 9.18 Å². The Labute approximate surface area is 94.7 Å². The largest absolute Gasteiger partial charge is 0.457 e. The zero-order valence-corrected chi connectivity index (χ0v) is 9.66. The van der Waals surface area contributed by atoms with Gasteiger partial charge < -0.3 is 4.74 Å². The first-order chi connectivity index (χ1) is 7.37. The Kier molecular flexibility index (Phi) is 3.82. The van der Waals surface area contributed by atoms with Gasteiger partial charge in [-0.2, -0.15) is 0 Å². The molecule has 0 unspecified atom stereocenters. The number of hydrogen-bond acceptors (Lipinski definition) is 2. The first-order valence-corrected chi connectivity index (χ1v) is 5.03. The van der Waals surface area contributed by atoms with Crippen LogP contribution in [0.15, 0.2) is 30.3 Å². The molecule has 16 heavy (non-hydrogen) atoms. The lowest BCUT2D eigenvalue weighted by molar-refractivity contribution is -0.148. The molecule has 0 aliphatic rings. The molecule has 0 aliphatic carbocycles. The predicted molar refractivity (Wildman–Crippen MR) is 61.3 cm³/mol. The molecule has 0 saturated heterocycles. The fourth-order valence-electron chi connectivity index (χ4n) is 1.11. The monoisotopic (exact) mass is 222 g/mol. The maximum Gasteiger partial charge on any atom is 0.331 e. The number of carbonyl (C=O) groups excluding carboxylic acids is 1. The summed E-state index contributed by atoms with van der Waals surface area (Å²) in [6.45, 7) is 5.38. The average molecular weight is 222 g/mol. The van der Waals surface area contributed by atoms with Gasteiger partial charge in [0.15, 0.2) is 0 Å². The average Bonchev–Trinajstić information content (AvgIpc) is 2.12. The molecule has 0 aliphatic heterocycles.